The topological polar surface area (TPSA) is 63.7 Å². The molecule has 1 unspecified atom stereocenters. The van der Waals surface area contributed by atoms with Crippen LogP contribution in [-0.2, 0) is 20.1 Å². The molecule has 0 aliphatic carbocycles. The van der Waals surface area contributed by atoms with E-state index >= 15 is 0 Å². The lowest BCUT2D eigenvalue weighted by atomic mass is 10.1. The van der Waals surface area contributed by atoms with Crippen LogP contribution in [0.15, 0.2) is 77.4 Å². The van der Waals surface area contributed by atoms with E-state index in [0.29, 0.717) is 37.7 Å². The Kier molecular flexibility index (Phi) is 7.77. The minimum Gasteiger partial charge on any atom is -0.468 e. The summed E-state index contributed by atoms with van der Waals surface area (Å²) < 4.78 is 27.3. The van der Waals surface area contributed by atoms with E-state index in [9.17, 15) is 9.50 Å². The fraction of sp³-hybridized carbons (Fsp3) is 0.296. The molecule has 1 N–H and O–H groups in total. The van der Waals surface area contributed by atoms with Crippen LogP contribution in [0.5, 0.6) is 11.6 Å². The van der Waals surface area contributed by atoms with Gasteiger partial charge in [-0.25, -0.2) is 9.07 Å². The first kappa shape index (κ1) is 23.7. The molecule has 0 bridgehead atoms. The molecule has 4 aromatic rings. The zero-order chi connectivity index (χ0) is 23.9. The number of hydrogen-bond donors (Lipinski definition) is 1. The maximum absolute atomic E-state index is 13.8. The molecule has 2 aromatic carbocycles. The smallest absolute Gasteiger partial charge is 0.222 e. The second-order valence-corrected chi connectivity index (χ2v) is 8.37. The third-order valence-corrected chi connectivity index (χ3v) is 5.58. The highest BCUT2D eigenvalue weighted by Gasteiger charge is 2.24. The second kappa shape index (κ2) is 11.1. The quantitative estimate of drug-likeness (QED) is 0.306. The number of halogens is 1. The summed E-state index contributed by atoms with van der Waals surface area (Å²) in [5.74, 6) is 1.36. The highest BCUT2D eigenvalue weighted by atomic mass is 19.1. The molecule has 0 radical (unpaired) electrons. The van der Waals surface area contributed by atoms with E-state index in [1.807, 2.05) is 49.5 Å². The number of nitrogens with zero attached hydrogens (tertiary/aromatic N) is 3. The van der Waals surface area contributed by atoms with Crippen LogP contribution in [0, 0.1) is 5.82 Å². The highest BCUT2D eigenvalue weighted by molar-refractivity contribution is 5.65. The molecule has 7 heteroatoms. The molecule has 0 amide bonds. The van der Waals surface area contributed by atoms with E-state index in [1.165, 1.54) is 12.1 Å². The molecule has 4 rings (SSSR count). The number of aliphatic hydroxyl groups excluding tert-OH is 1. The Morgan fingerprint density at radius 2 is 1.91 bits per heavy atom. The van der Waals surface area contributed by atoms with Gasteiger partial charge in [0.25, 0.3) is 0 Å². The van der Waals surface area contributed by atoms with Gasteiger partial charge in [0, 0.05) is 31.8 Å². The van der Waals surface area contributed by atoms with Crippen molar-refractivity contribution in [2.45, 2.75) is 39.0 Å². The van der Waals surface area contributed by atoms with E-state index in [0.717, 1.165) is 29.0 Å². The summed E-state index contributed by atoms with van der Waals surface area (Å²) in [4.78, 5) is 2.13. The number of benzene rings is 2. The van der Waals surface area contributed by atoms with Gasteiger partial charge >= 0.3 is 0 Å². The minimum absolute atomic E-state index is 0.369. The Morgan fingerprint density at radius 3 is 2.62 bits per heavy atom. The lowest BCUT2D eigenvalue weighted by Gasteiger charge is -2.24. The Morgan fingerprint density at radius 1 is 1.09 bits per heavy atom. The number of hydrogen-bond acceptors (Lipinski definition) is 5. The van der Waals surface area contributed by atoms with Crippen molar-refractivity contribution in [1.29, 1.82) is 0 Å². The minimum atomic E-state index is -0.468. The first-order chi connectivity index (χ1) is 16.5. The lowest BCUT2D eigenvalue weighted by molar-refractivity contribution is 0.0928. The van der Waals surface area contributed by atoms with Crippen LogP contribution < -0.4 is 4.74 Å². The normalized spacial score (nSPS) is 12.3. The van der Waals surface area contributed by atoms with Crippen LogP contribution in [0.2, 0.25) is 0 Å². The molecule has 6 nitrogen and oxygen atoms in total. The molecule has 0 saturated carbocycles. The average molecular weight is 464 g/mol. The van der Waals surface area contributed by atoms with Gasteiger partial charge < -0.3 is 14.3 Å². The van der Waals surface area contributed by atoms with Crippen LogP contribution in [0.1, 0.15) is 31.1 Å². The summed E-state index contributed by atoms with van der Waals surface area (Å²) in [6, 6.07) is 19.7. The largest absolute Gasteiger partial charge is 0.468 e. The van der Waals surface area contributed by atoms with Crippen molar-refractivity contribution >= 4 is 0 Å². The molecule has 2 aromatic heterocycles. The van der Waals surface area contributed by atoms with Gasteiger partial charge in [-0.15, -0.1) is 0 Å². The van der Waals surface area contributed by atoms with Gasteiger partial charge in [-0.3, -0.25) is 4.90 Å². The van der Waals surface area contributed by atoms with Gasteiger partial charge in [0.1, 0.15) is 23.0 Å². The molecule has 0 fully saturated rings. The summed E-state index contributed by atoms with van der Waals surface area (Å²) in [6.07, 6.45) is 2.78. The zero-order valence-electron chi connectivity index (χ0n) is 19.5. The monoisotopic (exact) mass is 463 g/mol. The molecule has 0 aliphatic heterocycles. The van der Waals surface area contributed by atoms with Crippen molar-refractivity contribution in [2.24, 2.45) is 7.05 Å². The standard InChI is InChI=1S/C27H30FN3O3/c1-3-9-22(32)17-31(18-24-14-8-15-33-24)19-25-26(20-10-5-4-6-11-20)29-30(2)27(25)34-23-13-7-12-21(28)16-23/h4-8,10-16,22,32H,3,9,17-19H2,1-2H3. The zero-order valence-corrected chi connectivity index (χ0v) is 19.5. The fourth-order valence-electron chi connectivity index (χ4n) is 4.05. The van der Waals surface area contributed by atoms with Crippen molar-refractivity contribution in [2.75, 3.05) is 6.54 Å². The average Bonchev–Trinajstić information content (AvgIpc) is 3.43. The Hall–Kier alpha value is -3.42. The second-order valence-electron chi connectivity index (χ2n) is 8.37. The Bertz CT molecular complexity index is 1180. The van der Waals surface area contributed by atoms with E-state index in [2.05, 4.69) is 11.8 Å². The molecule has 34 heavy (non-hydrogen) atoms. The molecule has 0 aliphatic rings. The van der Waals surface area contributed by atoms with Crippen molar-refractivity contribution in [3.05, 3.63) is 90.1 Å². The van der Waals surface area contributed by atoms with Crippen molar-refractivity contribution in [3.8, 4) is 22.9 Å². The molecule has 2 heterocycles. The Balaban J connectivity index is 1.72. The number of furan rings is 1. The molecule has 0 spiro atoms. The van der Waals surface area contributed by atoms with Crippen molar-refractivity contribution in [1.82, 2.24) is 14.7 Å². The van der Waals surface area contributed by atoms with Gasteiger partial charge in [-0.1, -0.05) is 49.7 Å². The summed E-state index contributed by atoms with van der Waals surface area (Å²) in [6.45, 7) is 3.51. The molecular weight excluding hydrogens is 433 g/mol. The van der Waals surface area contributed by atoms with E-state index in [1.54, 1.807) is 23.1 Å². The van der Waals surface area contributed by atoms with Crippen LogP contribution in [0.3, 0.4) is 0 Å². The number of rotatable bonds is 11. The fourth-order valence-corrected chi connectivity index (χ4v) is 4.05. The van der Waals surface area contributed by atoms with Gasteiger partial charge in [-0.2, -0.15) is 5.10 Å². The van der Waals surface area contributed by atoms with Crippen LogP contribution in [-0.4, -0.2) is 32.4 Å². The van der Waals surface area contributed by atoms with E-state index < -0.39 is 6.10 Å². The summed E-state index contributed by atoms with van der Waals surface area (Å²) in [5.41, 5.74) is 2.59. The maximum Gasteiger partial charge on any atom is 0.222 e. The molecule has 1 atom stereocenters. The molecule has 178 valence electrons. The molecular formula is C27H30FN3O3. The van der Waals surface area contributed by atoms with Crippen LogP contribution >= 0.6 is 0 Å². The number of aromatic nitrogens is 2. The van der Waals surface area contributed by atoms with Gasteiger partial charge in [0.2, 0.25) is 5.88 Å². The number of ether oxygens (including phenoxy) is 1. The van der Waals surface area contributed by atoms with E-state index in [4.69, 9.17) is 14.3 Å². The van der Waals surface area contributed by atoms with Crippen LogP contribution in [0.25, 0.3) is 11.3 Å². The maximum atomic E-state index is 13.8. The van der Waals surface area contributed by atoms with Crippen molar-refractivity contribution in [3.63, 3.8) is 0 Å². The van der Waals surface area contributed by atoms with Gasteiger partial charge in [0.05, 0.1) is 24.5 Å². The van der Waals surface area contributed by atoms with Gasteiger partial charge in [-0.05, 0) is 30.7 Å². The third-order valence-electron chi connectivity index (χ3n) is 5.58. The Labute approximate surface area is 199 Å². The van der Waals surface area contributed by atoms with Crippen molar-refractivity contribution < 1.29 is 18.7 Å². The molecule has 0 saturated heterocycles. The highest BCUT2D eigenvalue weighted by Crippen LogP contribution is 2.34. The number of aryl methyl sites for hydroxylation is 1. The van der Waals surface area contributed by atoms with Gasteiger partial charge in [0.15, 0.2) is 0 Å². The predicted molar refractivity (Wildman–Crippen MR) is 129 cm³/mol. The first-order valence-corrected chi connectivity index (χ1v) is 11.5. The summed E-state index contributed by atoms with van der Waals surface area (Å²) in [5, 5.41) is 15.3. The van der Waals surface area contributed by atoms with E-state index in [-0.39, 0.29) is 5.82 Å². The predicted octanol–water partition coefficient (Wildman–Crippen LogP) is 5.77. The third kappa shape index (κ3) is 5.92. The first-order valence-electron chi connectivity index (χ1n) is 11.5. The SMILES string of the molecule is CCCC(O)CN(Cc1ccco1)Cc1c(-c2ccccc2)nn(C)c1Oc1cccc(F)c1. The van der Waals surface area contributed by atoms with Crippen LogP contribution in [0.4, 0.5) is 4.39 Å². The summed E-state index contributed by atoms with van der Waals surface area (Å²) in [7, 11) is 1.81. The number of aliphatic hydroxyl groups is 1. The summed E-state index contributed by atoms with van der Waals surface area (Å²) >= 11 is 0. The lowest BCUT2D eigenvalue weighted by Crippen LogP contribution is -2.31.